The van der Waals surface area contributed by atoms with Crippen LogP contribution in [0.5, 0.6) is 0 Å². The SMILES string of the molecule is C[C@@]1(C(=O)O)CCN(C(=O)c2ccc(C(=O)c3cc[nH]c3)cc2)C1. The Morgan fingerprint density at radius 2 is 1.75 bits per heavy atom. The molecule has 24 heavy (non-hydrogen) atoms. The van der Waals surface area contributed by atoms with Gasteiger partial charge in [0.2, 0.25) is 0 Å². The summed E-state index contributed by atoms with van der Waals surface area (Å²) in [5.74, 6) is -1.21. The van der Waals surface area contributed by atoms with Gasteiger partial charge in [0.25, 0.3) is 5.91 Å². The van der Waals surface area contributed by atoms with Crippen LogP contribution < -0.4 is 0 Å². The number of carboxylic acids is 1. The maximum Gasteiger partial charge on any atom is 0.311 e. The molecule has 1 atom stereocenters. The average molecular weight is 326 g/mol. The van der Waals surface area contributed by atoms with Crippen LogP contribution in [0.3, 0.4) is 0 Å². The Bertz CT molecular complexity index is 780. The van der Waals surface area contributed by atoms with E-state index in [-0.39, 0.29) is 18.2 Å². The number of carbonyl (C=O) groups is 3. The molecule has 0 aliphatic carbocycles. The summed E-state index contributed by atoms with van der Waals surface area (Å²) in [6, 6.07) is 8.15. The maximum absolute atomic E-state index is 12.5. The molecule has 6 nitrogen and oxygen atoms in total. The second-order valence-corrected chi connectivity index (χ2v) is 6.35. The van der Waals surface area contributed by atoms with Gasteiger partial charge in [0.05, 0.1) is 5.41 Å². The van der Waals surface area contributed by atoms with Crippen molar-refractivity contribution in [2.45, 2.75) is 13.3 Å². The van der Waals surface area contributed by atoms with Crippen molar-refractivity contribution in [1.82, 2.24) is 9.88 Å². The minimum absolute atomic E-state index is 0.116. The van der Waals surface area contributed by atoms with E-state index in [1.165, 1.54) is 0 Å². The molecule has 3 rings (SSSR count). The summed E-state index contributed by atoms with van der Waals surface area (Å²) < 4.78 is 0. The van der Waals surface area contributed by atoms with Gasteiger partial charge in [-0.15, -0.1) is 0 Å². The lowest BCUT2D eigenvalue weighted by atomic mass is 9.90. The van der Waals surface area contributed by atoms with Crippen molar-refractivity contribution in [2.24, 2.45) is 5.41 Å². The number of nitrogens with zero attached hydrogens (tertiary/aromatic N) is 1. The highest BCUT2D eigenvalue weighted by Crippen LogP contribution is 2.31. The Balaban J connectivity index is 1.73. The number of amides is 1. The summed E-state index contributed by atoms with van der Waals surface area (Å²) in [5, 5.41) is 9.25. The molecule has 0 radical (unpaired) electrons. The molecule has 6 heteroatoms. The van der Waals surface area contributed by atoms with Crippen LogP contribution in [0.4, 0.5) is 0 Å². The molecule has 0 bridgehead atoms. The van der Waals surface area contributed by atoms with Crippen molar-refractivity contribution < 1.29 is 19.5 Å². The zero-order chi connectivity index (χ0) is 17.3. The number of hydrogen-bond donors (Lipinski definition) is 2. The smallest absolute Gasteiger partial charge is 0.311 e. The fraction of sp³-hybridized carbons (Fsp3) is 0.278. The van der Waals surface area contributed by atoms with E-state index in [4.69, 9.17) is 0 Å². The van der Waals surface area contributed by atoms with E-state index < -0.39 is 11.4 Å². The number of benzene rings is 1. The van der Waals surface area contributed by atoms with Crippen molar-refractivity contribution in [3.8, 4) is 0 Å². The molecule has 1 fully saturated rings. The first-order valence-electron chi connectivity index (χ1n) is 7.71. The van der Waals surface area contributed by atoms with Crippen LogP contribution in [0.1, 0.15) is 39.6 Å². The number of aliphatic carboxylic acids is 1. The number of aromatic nitrogens is 1. The van der Waals surface area contributed by atoms with Gasteiger partial charge in [-0.25, -0.2) is 0 Å². The third-order valence-electron chi connectivity index (χ3n) is 4.53. The summed E-state index contributed by atoms with van der Waals surface area (Å²) in [4.78, 5) is 40.4. The zero-order valence-electron chi connectivity index (χ0n) is 13.3. The Morgan fingerprint density at radius 1 is 1.08 bits per heavy atom. The van der Waals surface area contributed by atoms with Gasteiger partial charge in [-0.1, -0.05) is 12.1 Å². The molecule has 0 saturated carbocycles. The highest BCUT2D eigenvalue weighted by atomic mass is 16.4. The molecular formula is C18H18N2O4. The van der Waals surface area contributed by atoms with Crippen molar-refractivity contribution >= 4 is 17.7 Å². The average Bonchev–Trinajstić information content (AvgIpc) is 3.24. The van der Waals surface area contributed by atoms with Crippen molar-refractivity contribution in [3.05, 3.63) is 59.4 Å². The monoisotopic (exact) mass is 326 g/mol. The van der Waals surface area contributed by atoms with Gasteiger partial charge in [-0.05, 0) is 31.5 Å². The van der Waals surface area contributed by atoms with Crippen LogP contribution in [-0.4, -0.2) is 45.7 Å². The van der Waals surface area contributed by atoms with Crippen LogP contribution in [0.2, 0.25) is 0 Å². The topological polar surface area (TPSA) is 90.5 Å². The third-order valence-corrected chi connectivity index (χ3v) is 4.53. The van der Waals surface area contributed by atoms with Gasteiger partial charge in [-0.2, -0.15) is 0 Å². The number of likely N-dealkylation sites (tertiary alicyclic amines) is 1. The number of hydrogen-bond acceptors (Lipinski definition) is 3. The van der Waals surface area contributed by atoms with Crippen molar-refractivity contribution in [2.75, 3.05) is 13.1 Å². The lowest BCUT2D eigenvalue weighted by molar-refractivity contribution is -0.147. The number of carbonyl (C=O) groups excluding carboxylic acids is 2. The first kappa shape index (κ1) is 16.0. The van der Waals surface area contributed by atoms with Gasteiger partial charge < -0.3 is 15.0 Å². The Labute approximate surface area is 139 Å². The minimum atomic E-state index is -0.889. The van der Waals surface area contributed by atoms with Gasteiger partial charge in [-0.3, -0.25) is 14.4 Å². The summed E-state index contributed by atoms with van der Waals surface area (Å²) in [6.45, 7) is 2.28. The number of rotatable bonds is 4. The zero-order valence-corrected chi connectivity index (χ0v) is 13.3. The molecule has 0 spiro atoms. The van der Waals surface area contributed by atoms with E-state index in [9.17, 15) is 19.5 Å². The second-order valence-electron chi connectivity index (χ2n) is 6.35. The fourth-order valence-electron chi connectivity index (χ4n) is 2.89. The molecule has 2 aromatic rings. The molecule has 1 amide bonds. The van der Waals surface area contributed by atoms with E-state index in [1.807, 2.05) is 0 Å². The molecule has 1 aromatic carbocycles. The Kier molecular flexibility index (Phi) is 3.97. The number of H-pyrrole nitrogens is 1. The van der Waals surface area contributed by atoms with E-state index in [2.05, 4.69) is 4.98 Å². The van der Waals surface area contributed by atoms with Crippen LogP contribution in [0.25, 0.3) is 0 Å². The highest BCUT2D eigenvalue weighted by molar-refractivity contribution is 6.09. The number of carboxylic acid groups (broad SMARTS) is 1. The van der Waals surface area contributed by atoms with Crippen LogP contribution in [0, 0.1) is 5.41 Å². The molecule has 1 aromatic heterocycles. The number of aromatic amines is 1. The van der Waals surface area contributed by atoms with Gasteiger partial charge in [0.15, 0.2) is 5.78 Å². The predicted octanol–water partition coefficient (Wildman–Crippen LogP) is 2.18. The standard InChI is InChI=1S/C18H18N2O4/c1-18(17(23)24)7-9-20(11-18)16(22)13-4-2-12(3-5-13)15(21)14-6-8-19-10-14/h2-6,8,10,19H,7,9,11H2,1H3,(H,23,24)/t18-/m1/s1. The molecule has 1 saturated heterocycles. The largest absolute Gasteiger partial charge is 0.481 e. The van der Waals surface area contributed by atoms with E-state index in [0.29, 0.717) is 29.7 Å². The van der Waals surface area contributed by atoms with Gasteiger partial charge in [0, 0.05) is 42.2 Å². The van der Waals surface area contributed by atoms with Crippen LogP contribution in [0.15, 0.2) is 42.7 Å². The lowest BCUT2D eigenvalue weighted by Crippen LogP contribution is -2.34. The van der Waals surface area contributed by atoms with Gasteiger partial charge in [0.1, 0.15) is 0 Å². The predicted molar refractivity (Wildman–Crippen MR) is 86.9 cm³/mol. The normalized spacial score (nSPS) is 20.1. The Morgan fingerprint density at radius 3 is 2.29 bits per heavy atom. The first-order valence-corrected chi connectivity index (χ1v) is 7.71. The molecule has 0 unspecified atom stereocenters. The van der Waals surface area contributed by atoms with E-state index in [0.717, 1.165) is 0 Å². The lowest BCUT2D eigenvalue weighted by Gasteiger charge is -2.20. The number of nitrogens with one attached hydrogen (secondary N) is 1. The molecule has 1 aliphatic heterocycles. The molecule has 124 valence electrons. The van der Waals surface area contributed by atoms with Crippen molar-refractivity contribution in [3.63, 3.8) is 0 Å². The van der Waals surface area contributed by atoms with E-state index >= 15 is 0 Å². The summed E-state index contributed by atoms with van der Waals surface area (Å²) in [6.07, 6.45) is 3.74. The molecule has 2 N–H and O–H groups in total. The first-order chi connectivity index (χ1) is 11.4. The van der Waals surface area contributed by atoms with Crippen molar-refractivity contribution in [1.29, 1.82) is 0 Å². The maximum atomic E-state index is 12.5. The highest BCUT2D eigenvalue weighted by Gasteiger charge is 2.42. The quantitative estimate of drug-likeness (QED) is 0.843. The molecule has 1 aliphatic rings. The Hall–Kier alpha value is -2.89. The van der Waals surface area contributed by atoms with Crippen LogP contribution in [-0.2, 0) is 4.79 Å². The molecular weight excluding hydrogens is 308 g/mol. The summed E-state index contributed by atoms with van der Waals surface area (Å²) >= 11 is 0. The third kappa shape index (κ3) is 2.82. The van der Waals surface area contributed by atoms with Crippen LogP contribution >= 0.6 is 0 Å². The summed E-state index contributed by atoms with van der Waals surface area (Å²) in [5.41, 5.74) is 0.629. The second kappa shape index (κ2) is 5.96. The van der Waals surface area contributed by atoms with Gasteiger partial charge >= 0.3 is 5.97 Å². The summed E-state index contributed by atoms with van der Waals surface area (Å²) in [7, 11) is 0. The molecule has 2 heterocycles. The fourth-order valence-corrected chi connectivity index (χ4v) is 2.89. The number of ketones is 1. The van der Waals surface area contributed by atoms with E-state index in [1.54, 1.807) is 54.5 Å². The minimum Gasteiger partial charge on any atom is -0.481 e.